The number of nitrogens with zero attached hydrogens (tertiary/aromatic N) is 1. The average molecular weight is 215 g/mol. The number of aliphatic hydroxyl groups is 1. The fraction of sp³-hybridized carbons (Fsp3) is 0.909. The third-order valence-corrected chi connectivity index (χ3v) is 3.04. The predicted molar refractivity (Wildman–Crippen MR) is 57.5 cm³/mol. The molecule has 0 aromatic carbocycles. The van der Waals surface area contributed by atoms with Crippen LogP contribution in [0.15, 0.2) is 0 Å². The Labute approximate surface area is 91.2 Å². The first kappa shape index (κ1) is 12.5. The lowest BCUT2D eigenvalue weighted by atomic mass is 9.89. The summed E-state index contributed by atoms with van der Waals surface area (Å²) in [6, 6.07) is -0.184. The quantitative estimate of drug-likeness (QED) is 0.689. The molecule has 0 bridgehead atoms. The van der Waals surface area contributed by atoms with Crippen molar-refractivity contribution in [3.8, 4) is 0 Å². The van der Waals surface area contributed by atoms with Crippen LogP contribution in [0, 0.1) is 0 Å². The van der Waals surface area contributed by atoms with Crippen LogP contribution < -0.4 is 0 Å². The summed E-state index contributed by atoms with van der Waals surface area (Å²) < 4.78 is 4.99. The van der Waals surface area contributed by atoms with Crippen molar-refractivity contribution in [1.82, 2.24) is 4.90 Å². The van der Waals surface area contributed by atoms with E-state index in [4.69, 9.17) is 4.74 Å². The van der Waals surface area contributed by atoms with E-state index in [1.165, 1.54) is 0 Å². The van der Waals surface area contributed by atoms with Gasteiger partial charge in [-0.05, 0) is 19.8 Å². The number of carbonyl (C=O) groups excluding carboxylic acids is 1. The number of ether oxygens (including phenoxy) is 1. The first-order valence-electron chi connectivity index (χ1n) is 5.69. The molecule has 0 aliphatic carbocycles. The summed E-state index contributed by atoms with van der Waals surface area (Å²) >= 11 is 0. The lowest BCUT2D eigenvalue weighted by Gasteiger charge is -2.48. The van der Waals surface area contributed by atoms with Crippen molar-refractivity contribution in [2.45, 2.75) is 45.3 Å². The van der Waals surface area contributed by atoms with Gasteiger partial charge in [-0.25, -0.2) is 0 Å². The van der Waals surface area contributed by atoms with Crippen LogP contribution in [0.4, 0.5) is 0 Å². The van der Waals surface area contributed by atoms with Crippen LogP contribution in [0.1, 0.15) is 33.6 Å². The largest absolute Gasteiger partial charge is 0.465 e. The van der Waals surface area contributed by atoms with Gasteiger partial charge in [0.1, 0.15) is 6.04 Å². The number of hydrogen-bond donors (Lipinski definition) is 1. The molecule has 1 unspecified atom stereocenters. The molecule has 1 aliphatic rings. The van der Waals surface area contributed by atoms with E-state index in [1.807, 2.05) is 25.7 Å². The Morgan fingerprint density at radius 2 is 2.07 bits per heavy atom. The van der Waals surface area contributed by atoms with Crippen LogP contribution in [0.5, 0.6) is 0 Å². The van der Waals surface area contributed by atoms with Crippen molar-refractivity contribution < 1.29 is 14.6 Å². The molecule has 4 nitrogen and oxygen atoms in total. The highest BCUT2D eigenvalue weighted by molar-refractivity contribution is 5.75. The highest BCUT2D eigenvalue weighted by atomic mass is 16.5. The zero-order valence-electron chi connectivity index (χ0n) is 9.82. The zero-order valence-corrected chi connectivity index (χ0v) is 9.82. The zero-order chi connectivity index (χ0) is 11.5. The van der Waals surface area contributed by atoms with Gasteiger partial charge in [-0.15, -0.1) is 0 Å². The van der Waals surface area contributed by atoms with E-state index in [0.717, 1.165) is 12.8 Å². The lowest BCUT2D eigenvalue weighted by molar-refractivity contribution is -0.163. The van der Waals surface area contributed by atoms with Crippen LogP contribution in [-0.4, -0.2) is 47.3 Å². The standard InChI is InChI=1S/C11H21NO3/c1-4-9(10(13)15-6-3)12-7-11(14,5-2)8-12/h9,14H,4-8H2,1-3H3. The Morgan fingerprint density at radius 3 is 2.47 bits per heavy atom. The van der Waals surface area contributed by atoms with Crippen molar-refractivity contribution in [3.05, 3.63) is 0 Å². The van der Waals surface area contributed by atoms with E-state index in [0.29, 0.717) is 19.7 Å². The van der Waals surface area contributed by atoms with E-state index in [2.05, 4.69) is 0 Å². The molecule has 1 heterocycles. The second-order valence-corrected chi connectivity index (χ2v) is 4.16. The summed E-state index contributed by atoms with van der Waals surface area (Å²) in [6.45, 7) is 7.32. The Kier molecular flexibility index (Phi) is 4.11. The lowest BCUT2D eigenvalue weighted by Crippen LogP contribution is -2.65. The molecule has 0 aromatic rings. The van der Waals surface area contributed by atoms with Gasteiger partial charge in [-0.3, -0.25) is 9.69 Å². The van der Waals surface area contributed by atoms with Gasteiger partial charge >= 0.3 is 5.97 Å². The maximum Gasteiger partial charge on any atom is 0.323 e. The first-order valence-corrected chi connectivity index (χ1v) is 5.69. The van der Waals surface area contributed by atoms with Gasteiger partial charge in [-0.2, -0.15) is 0 Å². The predicted octanol–water partition coefficient (Wildman–Crippen LogP) is 0.785. The molecule has 1 aliphatic heterocycles. The third-order valence-electron chi connectivity index (χ3n) is 3.04. The number of esters is 1. The summed E-state index contributed by atoms with van der Waals surface area (Å²) in [5.41, 5.74) is -0.583. The van der Waals surface area contributed by atoms with Crippen LogP contribution >= 0.6 is 0 Å². The van der Waals surface area contributed by atoms with Gasteiger partial charge in [0.05, 0.1) is 12.2 Å². The van der Waals surface area contributed by atoms with E-state index in [9.17, 15) is 9.90 Å². The van der Waals surface area contributed by atoms with Crippen LogP contribution in [0.2, 0.25) is 0 Å². The van der Waals surface area contributed by atoms with Gasteiger partial charge in [-0.1, -0.05) is 13.8 Å². The third kappa shape index (κ3) is 2.69. The molecule has 0 radical (unpaired) electrons. The summed E-state index contributed by atoms with van der Waals surface area (Å²) in [7, 11) is 0. The number of hydrogen-bond acceptors (Lipinski definition) is 4. The molecule has 15 heavy (non-hydrogen) atoms. The second kappa shape index (κ2) is 4.94. The molecule has 0 aromatic heterocycles. The maximum atomic E-state index is 11.6. The minimum Gasteiger partial charge on any atom is -0.465 e. The minimum atomic E-state index is -0.583. The van der Waals surface area contributed by atoms with Gasteiger partial charge in [0, 0.05) is 13.1 Å². The van der Waals surface area contributed by atoms with Crippen molar-refractivity contribution in [2.75, 3.05) is 19.7 Å². The fourth-order valence-electron chi connectivity index (χ4n) is 1.97. The Balaban J connectivity index is 2.45. The molecule has 1 fully saturated rings. The summed E-state index contributed by atoms with van der Waals surface area (Å²) in [5.74, 6) is -0.168. The molecule has 0 spiro atoms. The molecule has 1 saturated heterocycles. The van der Waals surface area contributed by atoms with E-state index in [-0.39, 0.29) is 12.0 Å². The molecule has 1 rings (SSSR count). The smallest absolute Gasteiger partial charge is 0.323 e. The number of likely N-dealkylation sites (tertiary alicyclic amines) is 1. The average Bonchev–Trinajstić information content (AvgIpc) is 2.16. The highest BCUT2D eigenvalue weighted by Gasteiger charge is 2.44. The number of β-amino-alcohol motifs (C(OH)–C–C–N with tert-alkyl or cyclic N) is 1. The van der Waals surface area contributed by atoms with Crippen molar-refractivity contribution >= 4 is 5.97 Å². The molecule has 4 heteroatoms. The Morgan fingerprint density at radius 1 is 1.47 bits per heavy atom. The van der Waals surface area contributed by atoms with Gasteiger partial charge in [0.15, 0.2) is 0 Å². The highest BCUT2D eigenvalue weighted by Crippen LogP contribution is 2.27. The number of carbonyl (C=O) groups is 1. The monoisotopic (exact) mass is 215 g/mol. The number of rotatable bonds is 5. The van der Waals surface area contributed by atoms with Crippen molar-refractivity contribution in [2.24, 2.45) is 0 Å². The van der Waals surface area contributed by atoms with Crippen molar-refractivity contribution in [1.29, 1.82) is 0 Å². The second-order valence-electron chi connectivity index (χ2n) is 4.16. The van der Waals surface area contributed by atoms with Crippen LogP contribution in [-0.2, 0) is 9.53 Å². The molecular weight excluding hydrogens is 194 g/mol. The molecule has 88 valence electrons. The summed E-state index contributed by atoms with van der Waals surface area (Å²) in [6.07, 6.45) is 1.47. The fourth-order valence-corrected chi connectivity index (χ4v) is 1.97. The van der Waals surface area contributed by atoms with E-state index >= 15 is 0 Å². The first-order chi connectivity index (χ1) is 7.06. The molecule has 0 amide bonds. The normalized spacial score (nSPS) is 21.9. The minimum absolute atomic E-state index is 0.168. The topological polar surface area (TPSA) is 49.8 Å². The molecule has 0 saturated carbocycles. The molecule has 1 atom stereocenters. The van der Waals surface area contributed by atoms with Crippen LogP contribution in [0.25, 0.3) is 0 Å². The van der Waals surface area contributed by atoms with Crippen LogP contribution in [0.3, 0.4) is 0 Å². The summed E-state index contributed by atoms with van der Waals surface area (Å²) in [4.78, 5) is 13.5. The molecular formula is C11H21NO3. The van der Waals surface area contributed by atoms with Gasteiger partial charge in [0.2, 0.25) is 0 Å². The molecule has 1 N–H and O–H groups in total. The maximum absolute atomic E-state index is 11.6. The SMILES string of the molecule is CCOC(=O)C(CC)N1CC(O)(CC)C1. The Hall–Kier alpha value is -0.610. The Bertz CT molecular complexity index is 224. The van der Waals surface area contributed by atoms with Gasteiger partial charge < -0.3 is 9.84 Å². The van der Waals surface area contributed by atoms with E-state index in [1.54, 1.807) is 0 Å². The van der Waals surface area contributed by atoms with E-state index < -0.39 is 5.60 Å². The summed E-state index contributed by atoms with van der Waals surface area (Å²) in [5, 5.41) is 9.85. The van der Waals surface area contributed by atoms with Gasteiger partial charge in [0.25, 0.3) is 0 Å². The van der Waals surface area contributed by atoms with Crippen molar-refractivity contribution in [3.63, 3.8) is 0 Å².